The lowest BCUT2D eigenvalue weighted by Gasteiger charge is -2.21. The van der Waals surface area contributed by atoms with Crippen LogP contribution in [0.5, 0.6) is 0 Å². The van der Waals surface area contributed by atoms with E-state index >= 15 is 0 Å². The molecule has 1 heterocycles. The van der Waals surface area contributed by atoms with Crippen LogP contribution in [0.1, 0.15) is 48.9 Å². The molecule has 2 aliphatic carbocycles. The van der Waals surface area contributed by atoms with Gasteiger partial charge in [0.2, 0.25) is 0 Å². The van der Waals surface area contributed by atoms with E-state index in [1.54, 1.807) is 11.3 Å². The molecule has 156 valence electrons. The summed E-state index contributed by atoms with van der Waals surface area (Å²) in [6.45, 7) is 4.75. The van der Waals surface area contributed by atoms with Crippen molar-refractivity contribution in [1.29, 1.82) is 5.26 Å². The summed E-state index contributed by atoms with van der Waals surface area (Å²) in [4.78, 5) is 5.82. The van der Waals surface area contributed by atoms with Crippen molar-refractivity contribution in [1.82, 2.24) is 10.3 Å². The molecule has 0 spiro atoms. The third-order valence-electron chi connectivity index (χ3n) is 5.57. The fourth-order valence-corrected chi connectivity index (χ4v) is 5.24. The van der Waals surface area contributed by atoms with Crippen LogP contribution in [0.25, 0.3) is 16.0 Å². The first-order valence-electron chi connectivity index (χ1n) is 10.5. The third-order valence-corrected chi connectivity index (χ3v) is 6.65. The molecule has 1 aromatic heterocycles. The summed E-state index contributed by atoms with van der Waals surface area (Å²) in [6.07, 6.45) is 8.68. The van der Waals surface area contributed by atoms with Crippen LogP contribution < -0.4 is 5.32 Å². The van der Waals surface area contributed by atoms with E-state index in [0.717, 1.165) is 28.3 Å². The lowest BCUT2D eigenvalue weighted by molar-refractivity contribution is 0.0327. The van der Waals surface area contributed by atoms with E-state index in [1.807, 2.05) is 26.1 Å². The molecule has 30 heavy (non-hydrogen) atoms. The van der Waals surface area contributed by atoms with Crippen LogP contribution in [0.2, 0.25) is 0 Å². The number of rotatable bonds is 7. The highest BCUT2D eigenvalue weighted by Gasteiger charge is 2.26. The number of benzene rings is 1. The monoisotopic (exact) mass is 421 g/mol. The number of hydrogen-bond donors (Lipinski definition) is 2. The van der Waals surface area contributed by atoms with E-state index in [1.165, 1.54) is 16.7 Å². The maximum Gasteiger partial charge on any atom is 0.123 e. The molecule has 2 atom stereocenters. The number of thiazole rings is 1. The summed E-state index contributed by atoms with van der Waals surface area (Å²) in [5.41, 5.74) is 5.61. The number of nitrogens with zero attached hydrogens (tertiary/aromatic N) is 2. The van der Waals surface area contributed by atoms with Gasteiger partial charge in [0.25, 0.3) is 0 Å². The molecular weight excluding hydrogens is 394 g/mol. The van der Waals surface area contributed by atoms with Crippen LogP contribution in [0.3, 0.4) is 0 Å². The minimum Gasteiger partial charge on any atom is -0.395 e. The Morgan fingerprint density at radius 1 is 1.40 bits per heavy atom. The molecule has 0 saturated carbocycles. The van der Waals surface area contributed by atoms with E-state index in [4.69, 9.17) is 9.84 Å². The van der Waals surface area contributed by atoms with Gasteiger partial charge in [-0.05, 0) is 55.9 Å². The number of nitriles is 1. The minimum atomic E-state index is -0.168. The van der Waals surface area contributed by atoms with Gasteiger partial charge in [-0.3, -0.25) is 0 Å². The standard InChI is InChI=1S/C24H27N3O2S/c1-15(2)29-22-9-6-16(12-17(22)13-25)24-27-14-23(30-24)20-5-3-4-19-18(20)7-8-21(19)26-10-11-28/h3-6,12,14-15,21-22,26,28H,7-11H2,1-2H3. The van der Waals surface area contributed by atoms with Crippen LogP contribution in [0, 0.1) is 11.3 Å². The summed E-state index contributed by atoms with van der Waals surface area (Å²) < 4.78 is 5.87. The van der Waals surface area contributed by atoms with Crippen molar-refractivity contribution in [2.75, 3.05) is 13.2 Å². The number of aliphatic hydroxyl groups excluding tert-OH is 1. The maximum absolute atomic E-state index is 9.55. The molecule has 2 unspecified atom stereocenters. The van der Waals surface area contributed by atoms with E-state index < -0.39 is 0 Å². The normalized spacial score (nSPS) is 20.6. The number of aliphatic hydroxyl groups is 1. The smallest absolute Gasteiger partial charge is 0.123 e. The Hall–Kier alpha value is -2.30. The van der Waals surface area contributed by atoms with Gasteiger partial charge in [-0.25, -0.2) is 4.98 Å². The van der Waals surface area contributed by atoms with Crippen molar-refractivity contribution in [3.8, 4) is 16.5 Å². The number of aromatic nitrogens is 1. The predicted molar refractivity (Wildman–Crippen MR) is 120 cm³/mol. The second kappa shape index (κ2) is 9.23. The molecule has 2 aromatic rings. The summed E-state index contributed by atoms with van der Waals surface area (Å²) >= 11 is 1.67. The van der Waals surface area contributed by atoms with Gasteiger partial charge < -0.3 is 15.2 Å². The first kappa shape index (κ1) is 21.0. The van der Waals surface area contributed by atoms with Crippen molar-refractivity contribution in [3.63, 3.8) is 0 Å². The van der Waals surface area contributed by atoms with E-state index in [9.17, 15) is 5.26 Å². The number of ether oxygens (including phenoxy) is 1. The average molecular weight is 422 g/mol. The number of hydrogen-bond acceptors (Lipinski definition) is 6. The van der Waals surface area contributed by atoms with Crippen LogP contribution in [-0.4, -0.2) is 35.5 Å². The van der Waals surface area contributed by atoms with Crippen molar-refractivity contribution < 1.29 is 9.84 Å². The second-order valence-corrected chi connectivity index (χ2v) is 8.98. The van der Waals surface area contributed by atoms with Crippen molar-refractivity contribution in [2.45, 2.75) is 51.4 Å². The molecule has 4 rings (SSSR count). The molecule has 6 heteroatoms. The van der Waals surface area contributed by atoms with Crippen LogP contribution >= 0.6 is 11.3 Å². The third kappa shape index (κ3) is 4.26. The van der Waals surface area contributed by atoms with Crippen molar-refractivity contribution in [2.24, 2.45) is 0 Å². The Kier molecular flexibility index (Phi) is 6.45. The Morgan fingerprint density at radius 3 is 3.03 bits per heavy atom. The Bertz CT molecular complexity index is 1020. The van der Waals surface area contributed by atoms with E-state index in [2.05, 4.69) is 40.6 Å². The minimum absolute atomic E-state index is 0.0871. The van der Waals surface area contributed by atoms with Gasteiger partial charge in [0, 0.05) is 24.4 Å². The van der Waals surface area contributed by atoms with Gasteiger partial charge in [0.05, 0.1) is 35.3 Å². The molecule has 0 bridgehead atoms. The summed E-state index contributed by atoms with van der Waals surface area (Å²) in [5.74, 6) is 0. The van der Waals surface area contributed by atoms with Gasteiger partial charge in [-0.15, -0.1) is 11.3 Å². The van der Waals surface area contributed by atoms with Gasteiger partial charge >= 0.3 is 0 Å². The Balaban J connectivity index is 1.58. The van der Waals surface area contributed by atoms with E-state index in [-0.39, 0.29) is 18.8 Å². The molecule has 0 fully saturated rings. The predicted octanol–water partition coefficient (Wildman–Crippen LogP) is 4.41. The summed E-state index contributed by atoms with van der Waals surface area (Å²) in [6, 6.07) is 9.06. The first-order valence-corrected chi connectivity index (χ1v) is 11.3. The molecule has 0 amide bonds. The van der Waals surface area contributed by atoms with Crippen LogP contribution in [-0.2, 0) is 11.2 Å². The van der Waals surface area contributed by atoms with Gasteiger partial charge in [-0.1, -0.05) is 24.3 Å². The second-order valence-electron chi connectivity index (χ2n) is 7.95. The zero-order valence-electron chi connectivity index (χ0n) is 17.4. The Labute approximate surface area is 181 Å². The number of allylic oxidation sites excluding steroid dienone is 2. The topological polar surface area (TPSA) is 78.2 Å². The highest BCUT2D eigenvalue weighted by atomic mass is 32.1. The van der Waals surface area contributed by atoms with Crippen LogP contribution in [0.4, 0.5) is 0 Å². The van der Waals surface area contributed by atoms with Gasteiger partial charge in [0.1, 0.15) is 5.01 Å². The molecule has 2 aliphatic rings. The zero-order chi connectivity index (χ0) is 21.1. The van der Waals surface area contributed by atoms with Crippen LogP contribution in [0.15, 0.2) is 42.1 Å². The molecule has 1 aromatic carbocycles. The number of fused-ring (bicyclic) bond motifs is 1. The lowest BCUT2D eigenvalue weighted by Crippen LogP contribution is -2.22. The fourth-order valence-electron chi connectivity index (χ4n) is 4.26. The Morgan fingerprint density at radius 2 is 2.27 bits per heavy atom. The lowest BCUT2D eigenvalue weighted by atomic mass is 9.97. The average Bonchev–Trinajstić information content (AvgIpc) is 3.39. The largest absolute Gasteiger partial charge is 0.395 e. The summed E-state index contributed by atoms with van der Waals surface area (Å²) in [7, 11) is 0. The number of nitrogens with one attached hydrogen (secondary N) is 1. The summed E-state index contributed by atoms with van der Waals surface area (Å²) in [5, 5.41) is 23.0. The van der Waals surface area contributed by atoms with Gasteiger partial charge in [0.15, 0.2) is 0 Å². The fraction of sp³-hybridized carbons (Fsp3) is 0.417. The quantitative estimate of drug-likeness (QED) is 0.692. The highest BCUT2D eigenvalue weighted by Crippen LogP contribution is 2.40. The molecule has 0 radical (unpaired) electrons. The molecule has 2 N–H and O–H groups in total. The van der Waals surface area contributed by atoms with E-state index in [0.29, 0.717) is 24.6 Å². The van der Waals surface area contributed by atoms with Crippen molar-refractivity contribution >= 4 is 16.9 Å². The maximum atomic E-state index is 9.55. The molecule has 0 saturated heterocycles. The molecular formula is C24H27N3O2S. The first-order chi connectivity index (χ1) is 14.6. The highest BCUT2D eigenvalue weighted by molar-refractivity contribution is 7.16. The van der Waals surface area contributed by atoms with Gasteiger partial charge in [-0.2, -0.15) is 5.26 Å². The molecule has 5 nitrogen and oxygen atoms in total. The SMILES string of the molecule is CC(C)OC1CC=C(c2ncc(-c3cccc4c3CCC4NCCO)s2)C=C1C#N. The van der Waals surface area contributed by atoms with Crippen molar-refractivity contribution in [3.05, 3.63) is 58.3 Å². The zero-order valence-corrected chi connectivity index (χ0v) is 18.2. The molecule has 0 aliphatic heterocycles.